The summed E-state index contributed by atoms with van der Waals surface area (Å²) in [5.41, 5.74) is 2.33. The zero-order chi connectivity index (χ0) is 16.1. The third-order valence-corrected chi connectivity index (χ3v) is 5.20. The number of carbonyl (C=O) groups is 1. The summed E-state index contributed by atoms with van der Waals surface area (Å²) in [7, 11) is 0. The second kappa shape index (κ2) is 7.93. The van der Waals surface area contributed by atoms with Crippen LogP contribution in [0.1, 0.15) is 37.3 Å². The van der Waals surface area contributed by atoms with Crippen LogP contribution in [-0.2, 0) is 22.7 Å². The minimum atomic E-state index is 0.236. The van der Waals surface area contributed by atoms with Gasteiger partial charge in [0.1, 0.15) is 0 Å². The lowest BCUT2D eigenvalue weighted by Crippen LogP contribution is -2.31. The monoisotopic (exact) mass is 316 g/mol. The minimum Gasteiger partial charge on any atom is -0.377 e. The van der Waals surface area contributed by atoms with Gasteiger partial charge in [0.15, 0.2) is 0 Å². The van der Waals surface area contributed by atoms with E-state index in [0.717, 1.165) is 31.0 Å². The normalized spacial score (nSPS) is 24.4. The van der Waals surface area contributed by atoms with Gasteiger partial charge in [0.2, 0.25) is 5.91 Å². The summed E-state index contributed by atoms with van der Waals surface area (Å²) < 4.78 is 5.50. The molecule has 23 heavy (non-hydrogen) atoms. The zero-order valence-electron chi connectivity index (χ0n) is 14.0. The zero-order valence-corrected chi connectivity index (χ0v) is 14.0. The molecule has 0 aromatic heterocycles. The van der Waals surface area contributed by atoms with Crippen molar-refractivity contribution in [1.82, 2.24) is 10.6 Å². The molecule has 1 aliphatic heterocycles. The lowest BCUT2D eigenvalue weighted by molar-refractivity contribution is -0.123. The maximum Gasteiger partial charge on any atom is 0.223 e. The molecule has 1 aliphatic carbocycles. The van der Waals surface area contributed by atoms with Gasteiger partial charge >= 0.3 is 0 Å². The van der Waals surface area contributed by atoms with Gasteiger partial charge in [0.25, 0.3) is 0 Å². The van der Waals surface area contributed by atoms with Gasteiger partial charge in [-0.15, -0.1) is 0 Å². The summed E-state index contributed by atoms with van der Waals surface area (Å²) in [6.07, 6.45) is 3.54. The molecule has 1 aromatic rings. The van der Waals surface area contributed by atoms with Crippen molar-refractivity contribution in [2.45, 2.75) is 39.3 Å². The summed E-state index contributed by atoms with van der Waals surface area (Å²) in [5.74, 6) is 1.85. The van der Waals surface area contributed by atoms with E-state index in [1.165, 1.54) is 18.4 Å². The molecule has 1 heterocycles. The van der Waals surface area contributed by atoms with Crippen LogP contribution < -0.4 is 10.6 Å². The Kier molecular flexibility index (Phi) is 5.68. The van der Waals surface area contributed by atoms with Crippen molar-refractivity contribution in [3.8, 4) is 0 Å². The third kappa shape index (κ3) is 4.33. The first-order valence-corrected chi connectivity index (χ1v) is 8.92. The number of carbonyl (C=O) groups excluding carboxylic acids is 1. The van der Waals surface area contributed by atoms with Crippen LogP contribution in [0.4, 0.5) is 0 Å². The van der Waals surface area contributed by atoms with E-state index in [1.807, 2.05) is 19.1 Å². The maximum atomic E-state index is 12.4. The van der Waals surface area contributed by atoms with Gasteiger partial charge in [-0.25, -0.2) is 0 Å². The fraction of sp³-hybridized carbons (Fsp3) is 0.632. The molecule has 2 atom stereocenters. The van der Waals surface area contributed by atoms with Crippen LogP contribution >= 0.6 is 0 Å². The molecular weight excluding hydrogens is 288 g/mol. The first-order valence-electron chi connectivity index (χ1n) is 8.92. The Morgan fingerprint density at radius 3 is 2.74 bits per heavy atom. The fourth-order valence-electron chi connectivity index (χ4n) is 3.71. The van der Waals surface area contributed by atoms with Gasteiger partial charge in [0, 0.05) is 19.1 Å². The van der Waals surface area contributed by atoms with Gasteiger partial charge < -0.3 is 15.4 Å². The van der Waals surface area contributed by atoms with E-state index in [-0.39, 0.29) is 11.8 Å². The van der Waals surface area contributed by atoms with Crippen molar-refractivity contribution in [3.05, 3.63) is 35.4 Å². The summed E-state index contributed by atoms with van der Waals surface area (Å²) in [6.45, 7) is 6.15. The average Bonchev–Trinajstić information content (AvgIpc) is 3.40. The highest BCUT2D eigenvalue weighted by molar-refractivity contribution is 5.81. The van der Waals surface area contributed by atoms with E-state index in [4.69, 9.17) is 4.74 Å². The number of amides is 1. The highest BCUT2D eigenvalue weighted by Gasteiger charge is 2.47. The van der Waals surface area contributed by atoms with Gasteiger partial charge in [-0.1, -0.05) is 24.3 Å². The second-order valence-corrected chi connectivity index (χ2v) is 6.72. The van der Waals surface area contributed by atoms with Crippen LogP contribution in [0.3, 0.4) is 0 Å². The van der Waals surface area contributed by atoms with Crippen LogP contribution in [0.5, 0.6) is 0 Å². The van der Waals surface area contributed by atoms with E-state index in [1.54, 1.807) is 0 Å². The molecule has 0 radical (unpaired) electrons. The Morgan fingerprint density at radius 2 is 2.00 bits per heavy atom. The van der Waals surface area contributed by atoms with Crippen LogP contribution in [0.15, 0.2) is 24.3 Å². The maximum absolute atomic E-state index is 12.4. The van der Waals surface area contributed by atoms with Crippen LogP contribution in [0.25, 0.3) is 0 Å². The number of nitrogens with one attached hydrogen (secondary N) is 2. The quantitative estimate of drug-likeness (QED) is 0.812. The van der Waals surface area contributed by atoms with E-state index < -0.39 is 0 Å². The predicted octanol–water partition coefficient (Wildman–Crippen LogP) is 2.48. The first-order chi connectivity index (χ1) is 11.3. The van der Waals surface area contributed by atoms with E-state index >= 15 is 0 Å². The van der Waals surface area contributed by atoms with Gasteiger partial charge in [-0.05, 0) is 62.2 Å². The average molecular weight is 316 g/mol. The highest BCUT2D eigenvalue weighted by atomic mass is 16.5. The SMILES string of the molecule is CCOCc1ccccc1CNC(=O)[C@@H]1C[C@H]1C1CCNCC1. The lowest BCUT2D eigenvalue weighted by atomic mass is 9.92. The van der Waals surface area contributed by atoms with Crippen molar-refractivity contribution >= 4 is 5.91 Å². The Bertz CT molecular complexity index is 526. The molecule has 0 unspecified atom stereocenters. The largest absolute Gasteiger partial charge is 0.377 e. The predicted molar refractivity (Wildman–Crippen MR) is 90.8 cm³/mol. The van der Waals surface area contributed by atoms with Crippen molar-refractivity contribution in [2.24, 2.45) is 17.8 Å². The molecule has 0 spiro atoms. The summed E-state index contributed by atoms with van der Waals surface area (Å²) >= 11 is 0. The molecule has 1 saturated carbocycles. The second-order valence-electron chi connectivity index (χ2n) is 6.72. The van der Waals surface area contributed by atoms with Crippen molar-refractivity contribution in [3.63, 3.8) is 0 Å². The van der Waals surface area contributed by atoms with E-state index in [0.29, 0.717) is 25.7 Å². The van der Waals surface area contributed by atoms with Crippen LogP contribution in [0.2, 0.25) is 0 Å². The fourth-order valence-corrected chi connectivity index (χ4v) is 3.71. The van der Waals surface area contributed by atoms with E-state index in [9.17, 15) is 4.79 Å². The minimum absolute atomic E-state index is 0.236. The standard InChI is InChI=1S/C19H28N2O2/c1-2-23-13-16-6-4-3-5-15(16)12-21-19(22)18-11-17(18)14-7-9-20-10-8-14/h3-6,14,17-18,20H,2,7-13H2,1H3,(H,21,22)/t17-,18+/m0/s1. The van der Waals surface area contributed by atoms with Crippen molar-refractivity contribution in [1.29, 1.82) is 0 Å². The molecule has 2 fully saturated rings. The number of hydrogen-bond acceptors (Lipinski definition) is 3. The molecule has 1 saturated heterocycles. The molecule has 1 amide bonds. The molecule has 2 aliphatic rings. The summed E-state index contributed by atoms with van der Waals surface area (Å²) in [5, 5.41) is 6.54. The Morgan fingerprint density at radius 1 is 1.26 bits per heavy atom. The molecule has 0 bridgehead atoms. The van der Waals surface area contributed by atoms with Gasteiger partial charge in [-0.2, -0.15) is 0 Å². The molecular formula is C19H28N2O2. The van der Waals surface area contributed by atoms with Gasteiger partial charge in [-0.3, -0.25) is 4.79 Å². The number of piperidine rings is 1. The molecule has 126 valence electrons. The third-order valence-electron chi connectivity index (χ3n) is 5.20. The number of benzene rings is 1. The Labute approximate surface area is 139 Å². The van der Waals surface area contributed by atoms with Crippen LogP contribution in [-0.4, -0.2) is 25.6 Å². The van der Waals surface area contributed by atoms with Crippen molar-refractivity contribution < 1.29 is 9.53 Å². The summed E-state index contributed by atoms with van der Waals surface area (Å²) in [4.78, 5) is 12.4. The Balaban J connectivity index is 1.48. The van der Waals surface area contributed by atoms with Crippen molar-refractivity contribution in [2.75, 3.05) is 19.7 Å². The number of ether oxygens (including phenoxy) is 1. The van der Waals surface area contributed by atoms with Crippen LogP contribution in [0, 0.1) is 17.8 Å². The van der Waals surface area contributed by atoms with Gasteiger partial charge in [0.05, 0.1) is 6.61 Å². The smallest absolute Gasteiger partial charge is 0.223 e. The lowest BCUT2D eigenvalue weighted by Gasteiger charge is -2.22. The number of rotatable bonds is 7. The topological polar surface area (TPSA) is 50.4 Å². The summed E-state index contributed by atoms with van der Waals surface area (Å²) in [6, 6.07) is 8.19. The molecule has 4 nitrogen and oxygen atoms in total. The first kappa shape index (κ1) is 16.5. The van der Waals surface area contributed by atoms with E-state index in [2.05, 4.69) is 22.8 Å². The highest BCUT2D eigenvalue weighted by Crippen LogP contribution is 2.47. The molecule has 2 N–H and O–H groups in total. The Hall–Kier alpha value is -1.39. The molecule has 3 rings (SSSR count). The molecule has 4 heteroatoms. The number of hydrogen-bond donors (Lipinski definition) is 2. The molecule has 1 aromatic carbocycles.